The number of nitrogen functional groups attached to an aromatic ring is 1. The Hall–Kier alpha value is -1.53. The number of halogens is 2. The van der Waals surface area contributed by atoms with Crippen molar-refractivity contribution in [1.82, 2.24) is 5.16 Å². The Balaban J connectivity index is 2.21. The van der Waals surface area contributed by atoms with Crippen LogP contribution in [-0.2, 0) is 0 Å². The highest BCUT2D eigenvalue weighted by Crippen LogP contribution is 2.38. The summed E-state index contributed by atoms with van der Waals surface area (Å²) in [4.78, 5) is 0. The molecule has 0 amide bonds. The minimum Gasteiger partial charge on any atom is -0.367 e. The smallest absolute Gasteiger partial charge is 0.230 e. The Morgan fingerprint density at radius 2 is 1.86 bits per heavy atom. The highest BCUT2D eigenvalue weighted by molar-refractivity contribution is 14.1. The van der Waals surface area contributed by atoms with Gasteiger partial charge in [0.2, 0.25) is 5.88 Å². The van der Waals surface area contributed by atoms with E-state index in [4.69, 9.17) is 21.9 Å². The second-order valence-electron chi connectivity index (χ2n) is 4.76. The van der Waals surface area contributed by atoms with Gasteiger partial charge in [0.15, 0.2) is 0 Å². The van der Waals surface area contributed by atoms with Crippen LogP contribution < -0.4 is 5.73 Å². The largest absolute Gasteiger partial charge is 0.367 e. The van der Waals surface area contributed by atoms with Gasteiger partial charge >= 0.3 is 0 Å². The highest BCUT2D eigenvalue weighted by Gasteiger charge is 2.19. The van der Waals surface area contributed by atoms with Crippen LogP contribution in [0.25, 0.3) is 22.4 Å². The molecule has 1 heterocycles. The Kier molecular flexibility index (Phi) is 3.91. The summed E-state index contributed by atoms with van der Waals surface area (Å²) in [6.45, 7) is 2.04. The molecule has 3 rings (SSSR count). The van der Waals surface area contributed by atoms with Crippen LogP contribution in [0.2, 0.25) is 5.02 Å². The van der Waals surface area contributed by atoms with Crippen molar-refractivity contribution >= 4 is 40.1 Å². The summed E-state index contributed by atoms with van der Waals surface area (Å²) in [6, 6.07) is 13.8. The minimum atomic E-state index is 0.310. The van der Waals surface area contributed by atoms with Crippen molar-refractivity contribution in [3.05, 3.63) is 56.6 Å². The molecule has 0 spiro atoms. The molecule has 0 atom stereocenters. The van der Waals surface area contributed by atoms with Gasteiger partial charge in [-0.2, -0.15) is 0 Å². The zero-order valence-corrected chi connectivity index (χ0v) is 14.1. The lowest BCUT2D eigenvalue weighted by atomic mass is 10.00. The first-order valence-electron chi connectivity index (χ1n) is 6.34. The molecule has 5 heteroatoms. The van der Waals surface area contributed by atoms with Crippen LogP contribution in [0.1, 0.15) is 5.56 Å². The van der Waals surface area contributed by atoms with E-state index < -0.39 is 0 Å². The van der Waals surface area contributed by atoms with E-state index in [1.807, 2.05) is 49.4 Å². The fourth-order valence-electron chi connectivity index (χ4n) is 2.16. The number of nitrogens with two attached hydrogens (primary N) is 1. The quantitative estimate of drug-likeness (QED) is 0.594. The molecule has 0 aliphatic rings. The van der Waals surface area contributed by atoms with E-state index in [1.165, 1.54) is 5.56 Å². The lowest BCUT2D eigenvalue weighted by Crippen LogP contribution is -1.90. The number of hydrogen-bond donors (Lipinski definition) is 1. The van der Waals surface area contributed by atoms with Crippen molar-refractivity contribution in [2.45, 2.75) is 6.92 Å². The lowest BCUT2D eigenvalue weighted by Gasteiger charge is -2.06. The van der Waals surface area contributed by atoms with Crippen molar-refractivity contribution in [3.8, 4) is 22.4 Å². The average molecular weight is 411 g/mol. The number of rotatable bonds is 2. The maximum atomic E-state index is 6.10. The van der Waals surface area contributed by atoms with Crippen LogP contribution in [0, 0.1) is 10.5 Å². The van der Waals surface area contributed by atoms with Gasteiger partial charge in [-0.1, -0.05) is 46.6 Å². The molecular weight excluding hydrogens is 399 g/mol. The van der Waals surface area contributed by atoms with Crippen LogP contribution in [-0.4, -0.2) is 5.16 Å². The molecular formula is C16H12ClIN2O. The topological polar surface area (TPSA) is 52.0 Å². The van der Waals surface area contributed by atoms with Gasteiger partial charge in [-0.15, -0.1) is 0 Å². The molecule has 0 unspecified atom stereocenters. The fraction of sp³-hybridized carbons (Fsp3) is 0.0625. The summed E-state index contributed by atoms with van der Waals surface area (Å²) in [6.07, 6.45) is 0. The van der Waals surface area contributed by atoms with E-state index in [1.54, 1.807) is 0 Å². The molecule has 3 nitrogen and oxygen atoms in total. The number of anilines is 1. The van der Waals surface area contributed by atoms with Crippen molar-refractivity contribution in [2.24, 2.45) is 0 Å². The van der Waals surface area contributed by atoms with Crippen LogP contribution in [0.15, 0.2) is 47.0 Å². The molecule has 0 saturated heterocycles. The predicted molar refractivity (Wildman–Crippen MR) is 94.3 cm³/mol. The molecule has 0 bridgehead atoms. The Labute approximate surface area is 141 Å². The summed E-state index contributed by atoms with van der Waals surface area (Å²) in [5.74, 6) is 0.310. The maximum Gasteiger partial charge on any atom is 0.230 e. The molecule has 2 N–H and O–H groups in total. The molecule has 0 aliphatic carbocycles. The molecule has 0 fully saturated rings. The number of benzene rings is 2. The standard InChI is InChI=1S/C16H12ClIN2O/c1-9-2-4-10(5-3-9)14-15(20-21-16(14)19)12-8-11(17)6-7-13(12)18/h2-8H,19H2,1H3. The van der Waals surface area contributed by atoms with E-state index in [9.17, 15) is 0 Å². The summed E-state index contributed by atoms with van der Waals surface area (Å²) in [7, 11) is 0. The summed E-state index contributed by atoms with van der Waals surface area (Å²) >= 11 is 8.35. The Morgan fingerprint density at radius 1 is 1.14 bits per heavy atom. The van der Waals surface area contributed by atoms with Gasteiger partial charge in [-0.25, -0.2) is 0 Å². The first kappa shape index (κ1) is 14.4. The molecule has 0 aliphatic heterocycles. The van der Waals surface area contributed by atoms with Gasteiger partial charge in [0.25, 0.3) is 0 Å². The summed E-state index contributed by atoms with van der Waals surface area (Å²) in [5, 5.41) is 4.78. The summed E-state index contributed by atoms with van der Waals surface area (Å²) in [5.41, 5.74) is 10.6. The normalized spacial score (nSPS) is 10.8. The number of nitrogens with zero attached hydrogens (tertiary/aromatic N) is 1. The highest BCUT2D eigenvalue weighted by atomic mass is 127. The molecule has 106 valence electrons. The minimum absolute atomic E-state index is 0.310. The van der Waals surface area contributed by atoms with Gasteiger partial charge in [0.1, 0.15) is 5.69 Å². The van der Waals surface area contributed by atoms with Crippen molar-refractivity contribution in [1.29, 1.82) is 0 Å². The molecule has 0 saturated carbocycles. The van der Waals surface area contributed by atoms with Crippen LogP contribution >= 0.6 is 34.2 Å². The van der Waals surface area contributed by atoms with E-state index in [0.29, 0.717) is 16.6 Å². The SMILES string of the molecule is Cc1ccc(-c2c(-c3cc(Cl)ccc3I)noc2N)cc1. The monoisotopic (exact) mass is 410 g/mol. The third-order valence-corrected chi connectivity index (χ3v) is 4.42. The van der Waals surface area contributed by atoms with Gasteiger partial charge in [-0.3, -0.25) is 0 Å². The molecule has 2 aromatic carbocycles. The van der Waals surface area contributed by atoms with Crippen LogP contribution in [0.5, 0.6) is 0 Å². The van der Waals surface area contributed by atoms with Crippen molar-refractivity contribution in [3.63, 3.8) is 0 Å². The number of aromatic nitrogens is 1. The zero-order chi connectivity index (χ0) is 15.0. The van der Waals surface area contributed by atoms with Crippen LogP contribution in [0.4, 0.5) is 5.88 Å². The second kappa shape index (κ2) is 5.69. The third-order valence-electron chi connectivity index (χ3n) is 3.24. The van der Waals surface area contributed by atoms with Gasteiger partial charge < -0.3 is 10.3 Å². The predicted octanol–water partition coefficient (Wildman–Crippen LogP) is 5.16. The number of hydrogen-bond acceptors (Lipinski definition) is 3. The fourth-order valence-corrected chi connectivity index (χ4v) is 2.93. The molecule has 1 aromatic heterocycles. The number of aryl methyl sites for hydroxylation is 1. The molecule has 21 heavy (non-hydrogen) atoms. The Bertz CT molecular complexity index is 797. The van der Waals surface area contributed by atoms with E-state index in [-0.39, 0.29) is 0 Å². The zero-order valence-electron chi connectivity index (χ0n) is 11.2. The third kappa shape index (κ3) is 2.78. The van der Waals surface area contributed by atoms with Crippen LogP contribution in [0.3, 0.4) is 0 Å². The van der Waals surface area contributed by atoms with Gasteiger partial charge in [0.05, 0.1) is 5.56 Å². The average Bonchev–Trinajstić information content (AvgIpc) is 2.84. The van der Waals surface area contributed by atoms with E-state index >= 15 is 0 Å². The van der Waals surface area contributed by atoms with Crippen molar-refractivity contribution in [2.75, 3.05) is 5.73 Å². The second-order valence-corrected chi connectivity index (χ2v) is 6.36. The maximum absolute atomic E-state index is 6.10. The molecule has 0 radical (unpaired) electrons. The first-order valence-corrected chi connectivity index (χ1v) is 7.79. The van der Waals surface area contributed by atoms with Crippen molar-refractivity contribution < 1.29 is 4.52 Å². The first-order chi connectivity index (χ1) is 10.1. The van der Waals surface area contributed by atoms with E-state index in [2.05, 4.69) is 27.7 Å². The molecule has 3 aromatic rings. The lowest BCUT2D eigenvalue weighted by molar-refractivity contribution is 0.439. The summed E-state index contributed by atoms with van der Waals surface area (Å²) < 4.78 is 6.25. The Morgan fingerprint density at radius 3 is 2.57 bits per heavy atom. The van der Waals surface area contributed by atoms with E-state index in [0.717, 1.165) is 20.3 Å². The van der Waals surface area contributed by atoms with Gasteiger partial charge in [-0.05, 0) is 53.3 Å². The van der Waals surface area contributed by atoms with Gasteiger partial charge in [0, 0.05) is 14.2 Å².